The lowest BCUT2D eigenvalue weighted by molar-refractivity contribution is -0.0586. The summed E-state index contributed by atoms with van der Waals surface area (Å²) in [6, 6.07) is 13.4. The van der Waals surface area contributed by atoms with Crippen LogP contribution in [-0.4, -0.2) is 66.3 Å². The largest absolute Gasteiger partial charge is 0.372 e. The van der Waals surface area contributed by atoms with E-state index in [1.807, 2.05) is 61.2 Å². The molecule has 3 amide bonds. The fraction of sp³-hybridized carbons (Fsp3) is 0.480. The van der Waals surface area contributed by atoms with Crippen molar-refractivity contribution in [2.24, 2.45) is 0 Å². The third-order valence-corrected chi connectivity index (χ3v) is 6.16. The highest BCUT2D eigenvalue weighted by molar-refractivity contribution is 5.94. The number of aromatic nitrogens is 1. The lowest BCUT2D eigenvalue weighted by Gasteiger charge is -2.35. The molecule has 2 aliphatic heterocycles. The van der Waals surface area contributed by atoms with E-state index in [0.717, 1.165) is 37.3 Å². The Morgan fingerprint density at radius 3 is 2.36 bits per heavy atom. The predicted octanol–water partition coefficient (Wildman–Crippen LogP) is 2.80. The zero-order valence-corrected chi connectivity index (χ0v) is 19.4. The van der Waals surface area contributed by atoms with Gasteiger partial charge in [0.15, 0.2) is 0 Å². The van der Waals surface area contributed by atoms with Crippen LogP contribution in [0.3, 0.4) is 0 Å². The number of ether oxygens (including phenoxy) is 1. The molecule has 8 nitrogen and oxygen atoms in total. The average Bonchev–Trinajstić information content (AvgIpc) is 2.83. The van der Waals surface area contributed by atoms with Crippen molar-refractivity contribution in [3.05, 3.63) is 59.8 Å². The molecule has 2 aliphatic rings. The molecule has 2 unspecified atom stereocenters. The monoisotopic (exact) mass is 451 g/mol. The lowest BCUT2D eigenvalue weighted by Crippen LogP contribution is -2.48. The van der Waals surface area contributed by atoms with Gasteiger partial charge in [0.25, 0.3) is 5.91 Å². The van der Waals surface area contributed by atoms with Crippen molar-refractivity contribution in [3.63, 3.8) is 0 Å². The van der Waals surface area contributed by atoms with Crippen molar-refractivity contribution in [1.29, 1.82) is 0 Å². The van der Waals surface area contributed by atoms with Crippen molar-refractivity contribution in [3.8, 4) is 0 Å². The van der Waals surface area contributed by atoms with Crippen LogP contribution in [-0.2, 0) is 11.3 Å². The minimum atomic E-state index is -0.164. The zero-order chi connectivity index (χ0) is 23.2. The molecule has 8 heteroatoms. The Morgan fingerprint density at radius 1 is 1.03 bits per heavy atom. The molecular formula is C25H33N5O3. The Bertz CT molecular complexity index is 919. The Kier molecular flexibility index (Phi) is 7.44. The van der Waals surface area contributed by atoms with Gasteiger partial charge in [-0.25, -0.2) is 9.78 Å². The third kappa shape index (κ3) is 6.22. The summed E-state index contributed by atoms with van der Waals surface area (Å²) in [5.74, 6) is 1.01. The number of morpholine rings is 1. The van der Waals surface area contributed by atoms with Crippen LogP contribution in [0.4, 0.5) is 10.6 Å². The van der Waals surface area contributed by atoms with E-state index in [-0.39, 0.29) is 30.2 Å². The van der Waals surface area contributed by atoms with Gasteiger partial charge in [-0.15, -0.1) is 0 Å². The van der Waals surface area contributed by atoms with E-state index in [2.05, 4.69) is 20.5 Å². The molecule has 33 heavy (non-hydrogen) atoms. The number of hydrogen-bond donors (Lipinski definition) is 2. The number of benzene rings is 1. The van der Waals surface area contributed by atoms with Crippen LogP contribution in [0.25, 0.3) is 0 Å². The number of urea groups is 1. The molecule has 176 valence electrons. The second-order valence-electron chi connectivity index (χ2n) is 8.94. The van der Waals surface area contributed by atoms with Crippen LogP contribution in [0.15, 0.2) is 48.7 Å². The molecule has 2 fully saturated rings. The Labute approximate surface area is 195 Å². The summed E-state index contributed by atoms with van der Waals surface area (Å²) < 4.78 is 5.71. The first-order valence-electron chi connectivity index (χ1n) is 11.7. The first-order chi connectivity index (χ1) is 16.0. The molecule has 1 aromatic heterocycles. The number of pyridine rings is 1. The molecule has 0 radical (unpaired) electrons. The van der Waals surface area contributed by atoms with E-state index in [9.17, 15) is 9.59 Å². The molecule has 4 rings (SSSR count). The van der Waals surface area contributed by atoms with Crippen molar-refractivity contribution >= 4 is 17.8 Å². The maximum atomic E-state index is 12.8. The number of carbonyl (C=O) groups excluding carboxylic acids is 2. The Morgan fingerprint density at radius 2 is 1.73 bits per heavy atom. The van der Waals surface area contributed by atoms with E-state index in [1.54, 1.807) is 6.20 Å². The first-order valence-corrected chi connectivity index (χ1v) is 11.7. The van der Waals surface area contributed by atoms with Crippen LogP contribution in [0.5, 0.6) is 0 Å². The maximum absolute atomic E-state index is 12.8. The van der Waals surface area contributed by atoms with Crippen LogP contribution in [0.2, 0.25) is 0 Å². The summed E-state index contributed by atoms with van der Waals surface area (Å²) in [6.45, 7) is 7.34. The molecule has 0 spiro atoms. The summed E-state index contributed by atoms with van der Waals surface area (Å²) in [5.41, 5.74) is 1.61. The summed E-state index contributed by atoms with van der Waals surface area (Å²) in [7, 11) is 0. The normalized spacial score (nSPS) is 21.5. The summed E-state index contributed by atoms with van der Waals surface area (Å²) in [6.07, 6.45) is 3.67. The minimum absolute atomic E-state index is 0.0197. The number of carbonyl (C=O) groups is 2. The molecule has 2 atom stereocenters. The Balaban J connectivity index is 1.20. The average molecular weight is 452 g/mol. The highest BCUT2D eigenvalue weighted by Gasteiger charge is 2.26. The van der Waals surface area contributed by atoms with E-state index in [0.29, 0.717) is 25.2 Å². The molecule has 2 saturated heterocycles. The minimum Gasteiger partial charge on any atom is -0.372 e. The number of amides is 3. The molecule has 0 bridgehead atoms. The molecule has 1 aromatic carbocycles. The molecule has 2 N–H and O–H groups in total. The van der Waals surface area contributed by atoms with Crippen LogP contribution in [0, 0.1) is 0 Å². The van der Waals surface area contributed by atoms with Crippen LogP contribution < -0.4 is 15.5 Å². The van der Waals surface area contributed by atoms with E-state index < -0.39 is 0 Å². The third-order valence-electron chi connectivity index (χ3n) is 6.16. The number of anilines is 1. The zero-order valence-electron chi connectivity index (χ0n) is 19.4. The van der Waals surface area contributed by atoms with Crippen LogP contribution in [0.1, 0.15) is 42.6 Å². The van der Waals surface area contributed by atoms with E-state index in [4.69, 9.17) is 4.74 Å². The van der Waals surface area contributed by atoms with Gasteiger partial charge in [0.1, 0.15) is 5.82 Å². The predicted molar refractivity (Wildman–Crippen MR) is 127 cm³/mol. The summed E-state index contributed by atoms with van der Waals surface area (Å²) >= 11 is 0. The van der Waals surface area contributed by atoms with Gasteiger partial charge in [-0.2, -0.15) is 0 Å². The van der Waals surface area contributed by atoms with Gasteiger partial charge < -0.3 is 25.2 Å². The number of piperidine rings is 1. The molecular weight excluding hydrogens is 418 g/mol. The number of nitrogens with one attached hydrogen (secondary N) is 2. The van der Waals surface area contributed by atoms with Gasteiger partial charge in [-0.05, 0) is 56.5 Å². The van der Waals surface area contributed by atoms with Gasteiger partial charge in [-0.3, -0.25) is 4.79 Å². The summed E-state index contributed by atoms with van der Waals surface area (Å²) in [5, 5.41) is 6.00. The Hall–Kier alpha value is -3.13. The fourth-order valence-electron chi connectivity index (χ4n) is 4.50. The van der Waals surface area contributed by atoms with Gasteiger partial charge >= 0.3 is 6.03 Å². The molecule has 0 saturated carbocycles. The molecule has 2 aromatic rings. The van der Waals surface area contributed by atoms with Crippen molar-refractivity contribution in [1.82, 2.24) is 20.5 Å². The number of rotatable bonds is 5. The van der Waals surface area contributed by atoms with Gasteiger partial charge in [0, 0.05) is 50.5 Å². The van der Waals surface area contributed by atoms with Crippen molar-refractivity contribution < 1.29 is 14.3 Å². The van der Waals surface area contributed by atoms with Crippen molar-refractivity contribution in [2.75, 3.05) is 31.1 Å². The fourth-order valence-corrected chi connectivity index (χ4v) is 4.50. The van der Waals surface area contributed by atoms with Gasteiger partial charge in [0.05, 0.1) is 12.2 Å². The second-order valence-corrected chi connectivity index (χ2v) is 8.94. The quantitative estimate of drug-likeness (QED) is 0.730. The molecule has 0 aliphatic carbocycles. The van der Waals surface area contributed by atoms with E-state index >= 15 is 0 Å². The SMILES string of the molecule is CC1CN(C(=O)c2ccc(CNC(=O)NC3CCN(c4ccccn4)CC3)cc2)CC(C)O1. The highest BCUT2D eigenvalue weighted by atomic mass is 16.5. The van der Waals surface area contributed by atoms with E-state index in [1.165, 1.54) is 0 Å². The second kappa shape index (κ2) is 10.7. The number of hydrogen-bond acceptors (Lipinski definition) is 5. The van der Waals surface area contributed by atoms with Crippen molar-refractivity contribution in [2.45, 2.75) is 51.5 Å². The first kappa shape index (κ1) is 23.0. The summed E-state index contributed by atoms with van der Waals surface area (Å²) in [4.78, 5) is 33.6. The smallest absolute Gasteiger partial charge is 0.315 e. The highest BCUT2D eigenvalue weighted by Crippen LogP contribution is 2.17. The number of nitrogens with zero attached hydrogens (tertiary/aromatic N) is 3. The lowest BCUT2D eigenvalue weighted by atomic mass is 10.1. The van der Waals surface area contributed by atoms with Crippen LogP contribution >= 0.6 is 0 Å². The standard InChI is InChI=1S/C25H33N5O3/c1-18-16-30(17-19(2)33-18)24(31)21-8-6-20(7-9-21)15-27-25(32)28-22-10-13-29(14-11-22)23-5-3-4-12-26-23/h3-9,12,18-19,22H,10-11,13-17H2,1-2H3,(H2,27,28,32). The maximum Gasteiger partial charge on any atom is 0.315 e. The van der Waals surface area contributed by atoms with Gasteiger partial charge in [0.2, 0.25) is 0 Å². The van der Waals surface area contributed by atoms with Gasteiger partial charge in [-0.1, -0.05) is 18.2 Å². The molecule has 3 heterocycles. The topological polar surface area (TPSA) is 86.8 Å².